The summed E-state index contributed by atoms with van der Waals surface area (Å²) in [6.07, 6.45) is 38.0. The molecule has 296 valence electrons. The van der Waals surface area contributed by atoms with Gasteiger partial charge in [0.15, 0.2) is 0 Å². The lowest BCUT2D eigenvalue weighted by molar-refractivity contribution is -0.870. The molecule has 8 nitrogen and oxygen atoms in total. The number of phosphoric acid groups is 1. The molecule has 0 aliphatic heterocycles. The van der Waals surface area contributed by atoms with Gasteiger partial charge in [-0.1, -0.05) is 154 Å². The van der Waals surface area contributed by atoms with Crippen LogP contribution in [-0.4, -0.2) is 73.4 Å². The quantitative estimate of drug-likeness (QED) is 0.0254. The van der Waals surface area contributed by atoms with Crippen molar-refractivity contribution in [3.05, 3.63) is 24.3 Å². The Morgan fingerprint density at radius 2 is 1.08 bits per heavy atom. The number of likely N-dealkylation sites (N-methyl/N-ethyl adjacent to an activating group) is 1. The molecule has 3 N–H and O–H groups in total. The molecule has 0 spiro atoms. The van der Waals surface area contributed by atoms with Crippen molar-refractivity contribution in [2.24, 2.45) is 0 Å². The van der Waals surface area contributed by atoms with E-state index < -0.39 is 20.0 Å². The Bertz CT molecular complexity index is 876. The smallest absolute Gasteiger partial charge is 0.387 e. The highest BCUT2D eigenvalue weighted by Gasteiger charge is 2.27. The van der Waals surface area contributed by atoms with E-state index in [9.17, 15) is 19.4 Å². The molecular weight excluding hydrogens is 647 g/mol. The molecule has 9 heteroatoms. The van der Waals surface area contributed by atoms with Gasteiger partial charge in [0.2, 0.25) is 5.91 Å². The molecule has 0 aliphatic rings. The lowest BCUT2D eigenvalue weighted by Gasteiger charge is -2.25. The second kappa shape index (κ2) is 33.8. The summed E-state index contributed by atoms with van der Waals surface area (Å²) in [5, 5.41) is 13.8. The topological polar surface area (TPSA) is 105 Å². The average molecular weight is 730 g/mol. The van der Waals surface area contributed by atoms with Crippen LogP contribution >= 0.6 is 7.82 Å². The fourth-order valence-electron chi connectivity index (χ4n) is 5.80. The van der Waals surface area contributed by atoms with Crippen molar-refractivity contribution in [2.45, 2.75) is 193 Å². The Morgan fingerprint density at radius 3 is 1.56 bits per heavy atom. The predicted molar refractivity (Wildman–Crippen MR) is 212 cm³/mol. The van der Waals surface area contributed by atoms with Gasteiger partial charge in [-0.15, -0.1) is 0 Å². The molecule has 0 bridgehead atoms. The molecule has 0 aromatic carbocycles. The van der Waals surface area contributed by atoms with Crippen molar-refractivity contribution in [3.8, 4) is 0 Å². The number of hydrogen-bond acceptors (Lipinski definition) is 5. The highest BCUT2D eigenvalue weighted by atomic mass is 31.2. The number of hydrogen-bond donors (Lipinski definition) is 3. The molecule has 0 aromatic rings. The number of aliphatic hydroxyl groups excluding tert-OH is 1. The van der Waals surface area contributed by atoms with Crippen LogP contribution in [0.5, 0.6) is 0 Å². The Balaban J connectivity index is 4.48. The number of allylic oxidation sites excluding steroid dienone is 3. The molecule has 3 atom stereocenters. The molecule has 0 aliphatic carbocycles. The van der Waals surface area contributed by atoms with Gasteiger partial charge >= 0.3 is 7.82 Å². The molecule has 1 amide bonds. The van der Waals surface area contributed by atoms with Crippen LogP contribution in [0.2, 0.25) is 0 Å². The van der Waals surface area contributed by atoms with E-state index >= 15 is 0 Å². The number of unbranched alkanes of at least 4 members (excludes halogenated alkanes) is 22. The van der Waals surface area contributed by atoms with E-state index in [4.69, 9.17) is 9.05 Å². The number of quaternary nitrogens is 1. The van der Waals surface area contributed by atoms with Gasteiger partial charge in [-0.2, -0.15) is 0 Å². The van der Waals surface area contributed by atoms with Crippen molar-refractivity contribution in [3.63, 3.8) is 0 Å². The van der Waals surface area contributed by atoms with Crippen LogP contribution in [0.4, 0.5) is 0 Å². The van der Waals surface area contributed by atoms with Crippen LogP contribution in [0, 0.1) is 0 Å². The monoisotopic (exact) mass is 730 g/mol. The number of rotatable bonds is 37. The van der Waals surface area contributed by atoms with Gasteiger partial charge in [0, 0.05) is 6.42 Å². The van der Waals surface area contributed by atoms with E-state index in [0.717, 1.165) is 38.5 Å². The van der Waals surface area contributed by atoms with Gasteiger partial charge in [-0.05, 0) is 44.9 Å². The summed E-state index contributed by atoms with van der Waals surface area (Å²) in [4.78, 5) is 23.0. The minimum absolute atomic E-state index is 0.0615. The maximum atomic E-state index is 12.8. The summed E-state index contributed by atoms with van der Waals surface area (Å²) in [6, 6.07) is -0.844. The number of carbonyl (C=O) groups is 1. The Hall–Kier alpha value is -1.02. The van der Waals surface area contributed by atoms with E-state index in [1.54, 1.807) is 6.08 Å². The molecule has 50 heavy (non-hydrogen) atoms. The van der Waals surface area contributed by atoms with E-state index in [1.165, 1.54) is 122 Å². The van der Waals surface area contributed by atoms with Gasteiger partial charge in [0.05, 0.1) is 39.9 Å². The second-order valence-corrected chi connectivity index (χ2v) is 16.8. The Kier molecular flexibility index (Phi) is 33.1. The van der Waals surface area contributed by atoms with Crippen LogP contribution in [-0.2, 0) is 18.4 Å². The third-order valence-electron chi connectivity index (χ3n) is 9.17. The summed E-state index contributed by atoms with van der Waals surface area (Å²) < 4.78 is 23.5. The average Bonchev–Trinajstić information content (AvgIpc) is 3.06. The van der Waals surface area contributed by atoms with Crippen LogP contribution in [0.1, 0.15) is 181 Å². The summed E-state index contributed by atoms with van der Waals surface area (Å²) in [6.45, 7) is 4.78. The summed E-state index contributed by atoms with van der Waals surface area (Å²) in [5.74, 6) is -0.184. The molecule has 0 heterocycles. The highest BCUT2D eigenvalue weighted by molar-refractivity contribution is 7.47. The zero-order valence-electron chi connectivity index (χ0n) is 33.4. The molecule has 0 saturated heterocycles. The minimum Gasteiger partial charge on any atom is -0.387 e. The Morgan fingerprint density at radius 1 is 0.660 bits per heavy atom. The van der Waals surface area contributed by atoms with E-state index in [2.05, 4.69) is 31.3 Å². The second-order valence-electron chi connectivity index (χ2n) is 15.4. The van der Waals surface area contributed by atoms with Crippen LogP contribution in [0.15, 0.2) is 24.3 Å². The first-order chi connectivity index (χ1) is 24.0. The van der Waals surface area contributed by atoms with Crippen molar-refractivity contribution in [2.75, 3.05) is 40.9 Å². The third-order valence-corrected chi connectivity index (χ3v) is 10.1. The molecule has 0 saturated carbocycles. The molecule has 1 unspecified atom stereocenters. The summed E-state index contributed by atoms with van der Waals surface area (Å²) in [7, 11) is 1.57. The van der Waals surface area contributed by atoms with Gasteiger partial charge < -0.3 is 19.8 Å². The molecule has 0 aromatic heterocycles. The third kappa shape index (κ3) is 35.4. The van der Waals surface area contributed by atoms with Crippen LogP contribution in [0.25, 0.3) is 0 Å². The fraction of sp³-hybridized carbons (Fsp3) is 0.878. The number of nitrogens with one attached hydrogen (secondary N) is 1. The van der Waals surface area contributed by atoms with E-state index in [-0.39, 0.29) is 19.1 Å². The standard InChI is InChI=1S/C41H81N2O6P/c1-6-8-10-12-14-16-18-20-21-23-25-27-29-31-33-35-41(45)42-39(38-49-50(46,47)48-37-36-43(3,4)5)40(44)34-32-30-28-26-24-22-19-17-15-13-11-9-7-2/h16,18,32,34,39-40,44H,6-15,17,19-31,33,35-38H2,1-5H3,(H-,42,45,46,47)/p+1/b18-16-,34-32+/t39-,40+/m0/s1. The van der Waals surface area contributed by atoms with Crippen LogP contribution < -0.4 is 5.32 Å². The van der Waals surface area contributed by atoms with Gasteiger partial charge in [-0.25, -0.2) is 4.57 Å². The molecular formula is C41H82N2O6P+. The van der Waals surface area contributed by atoms with Gasteiger partial charge in [0.25, 0.3) is 0 Å². The minimum atomic E-state index is -4.33. The zero-order valence-corrected chi connectivity index (χ0v) is 34.3. The normalized spacial score (nSPS) is 14.8. The maximum Gasteiger partial charge on any atom is 0.472 e. The Labute approximate surface area is 309 Å². The number of amides is 1. The maximum absolute atomic E-state index is 12.8. The fourth-order valence-corrected chi connectivity index (χ4v) is 6.53. The molecule has 0 rings (SSSR count). The number of phosphoric ester groups is 1. The first kappa shape index (κ1) is 49.0. The van der Waals surface area contributed by atoms with Crippen molar-refractivity contribution < 1.29 is 32.9 Å². The van der Waals surface area contributed by atoms with Gasteiger partial charge in [-0.3, -0.25) is 13.8 Å². The molecule has 0 radical (unpaired) electrons. The first-order valence-corrected chi connectivity index (χ1v) is 22.2. The highest BCUT2D eigenvalue weighted by Crippen LogP contribution is 2.43. The predicted octanol–water partition coefficient (Wildman–Crippen LogP) is 11.0. The number of aliphatic hydroxyl groups is 1. The van der Waals surface area contributed by atoms with Crippen molar-refractivity contribution in [1.82, 2.24) is 5.32 Å². The van der Waals surface area contributed by atoms with Crippen molar-refractivity contribution >= 4 is 13.7 Å². The largest absolute Gasteiger partial charge is 0.472 e. The SMILES string of the molecule is CCCCCC/C=C\CCCCCCCCCC(=O)N[C@@H](COP(=O)(O)OCC[N+](C)(C)C)[C@H](O)/C=C/CCCCCCCCCCCCC. The lowest BCUT2D eigenvalue weighted by atomic mass is 10.0. The first-order valence-electron chi connectivity index (χ1n) is 20.7. The number of nitrogens with zero attached hydrogens (tertiary/aromatic N) is 1. The van der Waals surface area contributed by atoms with Crippen LogP contribution in [0.3, 0.4) is 0 Å². The lowest BCUT2D eigenvalue weighted by Crippen LogP contribution is -2.45. The van der Waals surface area contributed by atoms with Crippen molar-refractivity contribution in [1.29, 1.82) is 0 Å². The summed E-state index contributed by atoms with van der Waals surface area (Å²) >= 11 is 0. The van der Waals surface area contributed by atoms with E-state index in [1.807, 2.05) is 27.2 Å². The molecule has 0 fully saturated rings. The van der Waals surface area contributed by atoms with E-state index in [0.29, 0.717) is 17.4 Å². The number of carbonyl (C=O) groups excluding carboxylic acids is 1. The summed E-state index contributed by atoms with van der Waals surface area (Å²) in [5.41, 5.74) is 0. The zero-order chi connectivity index (χ0) is 37.2. The van der Waals surface area contributed by atoms with Gasteiger partial charge in [0.1, 0.15) is 13.2 Å².